The van der Waals surface area contributed by atoms with Gasteiger partial charge in [-0.25, -0.2) is 0 Å². The number of nitrogens with one attached hydrogen (secondary N) is 2. The molecule has 0 radical (unpaired) electrons. The second kappa shape index (κ2) is 27.6. The number of carbonyl (C=O) groups is 6. The van der Waals surface area contributed by atoms with Gasteiger partial charge in [0.2, 0.25) is 5.91 Å². The van der Waals surface area contributed by atoms with E-state index in [1.54, 1.807) is 37.6 Å². The highest BCUT2D eigenvalue weighted by atomic mass is 16.5. The Morgan fingerprint density at radius 3 is 2.19 bits per heavy atom. The summed E-state index contributed by atoms with van der Waals surface area (Å²) in [4.78, 5) is 78.3. The molecule has 400 valence electrons. The number of fused-ring (bicyclic) bond motifs is 4. The van der Waals surface area contributed by atoms with Crippen molar-refractivity contribution in [3.63, 3.8) is 0 Å². The molecular formula is C60H85N3O10. The van der Waals surface area contributed by atoms with Gasteiger partial charge in [0.25, 0.3) is 0 Å². The molecule has 2 aromatic carbocycles. The van der Waals surface area contributed by atoms with Gasteiger partial charge in [-0.2, -0.15) is 0 Å². The van der Waals surface area contributed by atoms with E-state index in [1.807, 2.05) is 13.0 Å². The molecule has 3 N–H and O–H groups in total. The maximum atomic E-state index is 13.8. The average molecular weight is 1010 g/mol. The number of benzene rings is 2. The first-order chi connectivity index (χ1) is 35.0. The van der Waals surface area contributed by atoms with Crippen LogP contribution in [-0.4, -0.2) is 112 Å². The van der Waals surface area contributed by atoms with Crippen molar-refractivity contribution in [1.29, 1.82) is 0 Å². The van der Waals surface area contributed by atoms with E-state index in [2.05, 4.69) is 53.8 Å². The zero-order chi connectivity index (χ0) is 52.7. The van der Waals surface area contributed by atoms with Gasteiger partial charge >= 0.3 is 0 Å². The van der Waals surface area contributed by atoms with E-state index < -0.39 is 11.8 Å². The maximum Gasteiger partial charge on any atom is 0.220 e. The molecule has 0 saturated heterocycles. The molecule has 2 saturated carbocycles. The van der Waals surface area contributed by atoms with Gasteiger partial charge in [0, 0.05) is 100 Å². The summed E-state index contributed by atoms with van der Waals surface area (Å²) in [6, 6.07) is 14.1. The lowest BCUT2D eigenvalue weighted by atomic mass is 9.53. The van der Waals surface area contributed by atoms with Gasteiger partial charge in [-0.1, -0.05) is 57.5 Å². The van der Waals surface area contributed by atoms with Gasteiger partial charge in [-0.15, -0.1) is 0 Å². The normalized spacial score (nSPS) is 22.6. The summed E-state index contributed by atoms with van der Waals surface area (Å²) in [6.45, 7) is 15.3. The van der Waals surface area contributed by atoms with Crippen LogP contribution in [0.15, 0.2) is 65.3 Å². The van der Waals surface area contributed by atoms with Crippen LogP contribution in [0, 0.1) is 35.0 Å². The zero-order valence-electron chi connectivity index (χ0n) is 45.0. The third-order valence-electron chi connectivity index (χ3n) is 16.8. The van der Waals surface area contributed by atoms with E-state index in [0.29, 0.717) is 126 Å². The highest BCUT2D eigenvalue weighted by molar-refractivity contribution is 6.12. The predicted molar refractivity (Wildman–Crippen MR) is 286 cm³/mol. The Bertz CT molecular complexity index is 2300. The molecule has 4 aliphatic carbocycles. The number of hydrogen-bond acceptors (Lipinski definition) is 12. The van der Waals surface area contributed by atoms with E-state index in [1.165, 1.54) is 30.6 Å². The fourth-order valence-electron chi connectivity index (χ4n) is 12.4. The van der Waals surface area contributed by atoms with Crippen LogP contribution in [-0.2, 0) is 33.4 Å². The Kier molecular flexibility index (Phi) is 21.8. The summed E-state index contributed by atoms with van der Waals surface area (Å²) in [6.07, 6.45) is 11.7. The molecule has 0 aromatic heterocycles. The summed E-state index contributed by atoms with van der Waals surface area (Å²) in [5.41, 5.74) is 7.81. The van der Waals surface area contributed by atoms with Crippen molar-refractivity contribution in [2.24, 2.45) is 35.0 Å². The third kappa shape index (κ3) is 14.9. The Morgan fingerprint density at radius 2 is 1.52 bits per heavy atom. The third-order valence-corrected chi connectivity index (χ3v) is 16.8. The van der Waals surface area contributed by atoms with Crippen molar-refractivity contribution < 1.29 is 48.1 Å². The number of Topliss-reactive ketones (excluding diaryl/α,β-unsaturated/α-hetero) is 4. The molecule has 8 atom stereocenters. The molecule has 1 amide bonds. The monoisotopic (exact) mass is 1010 g/mol. The van der Waals surface area contributed by atoms with Crippen molar-refractivity contribution in [3.05, 3.63) is 82.0 Å². The van der Waals surface area contributed by atoms with Crippen LogP contribution < -0.4 is 15.5 Å². The lowest BCUT2D eigenvalue weighted by molar-refractivity contribution is -0.124. The van der Waals surface area contributed by atoms with Gasteiger partial charge in [0.1, 0.15) is 11.6 Å². The average Bonchev–Trinajstić information content (AvgIpc) is 3.68. The number of allylic oxidation sites excluding steroid dienone is 4. The quantitative estimate of drug-likeness (QED) is 0.0482. The molecule has 2 fully saturated rings. The lowest BCUT2D eigenvalue weighted by Gasteiger charge is -2.52. The van der Waals surface area contributed by atoms with Crippen LogP contribution >= 0.6 is 0 Å². The SMILES string of the molecule is CCC(=O)CCC(C(C)=O)C(C)C(C)C(=O)c1cccc(NCCCOCCOCCOCCCNC(=O)CCCN(C)c2ccc(C3CC4(C)C(O)CCC4C4CCC5=CC(=O)CCC5=C34)cc2)c1C(C)=O. The van der Waals surface area contributed by atoms with Crippen LogP contribution in [0.3, 0.4) is 0 Å². The van der Waals surface area contributed by atoms with Crippen molar-refractivity contribution in [2.75, 3.05) is 76.5 Å². The molecular weight excluding hydrogens is 923 g/mol. The largest absolute Gasteiger partial charge is 0.393 e. The first-order valence-electron chi connectivity index (χ1n) is 27.5. The Morgan fingerprint density at radius 1 is 0.836 bits per heavy atom. The zero-order valence-corrected chi connectivity index (χ0v) is 45.0. The smallest absolute Gasteiger partial charge is 0.220 e. The number of amides is 1. The van der Waals surface area contributed by atoms with Gasteiger partial charge in [-0.3, -0.25) is 28.8 Å². The molecule has 2 aromatic rings. The summed E-state index contributed by atoms with van der Waals surface area (Å²) < 4.78 is 17.1. The summed E-state index contributed by atoms with van der Waals surface area (Å²) >= 11 is 0. The first kappa shape index (κ1) is 57.5. The molecule has 0 heterocycles. The Labute approximate surface area is 435 Å². The van der Waals surface area contributed by atoms with E-state index in [0.717, 1.165) is 57.2 Å². The van der Waals surface area contributed by atoms with Crippen LogP contribution in [0.25, 0.3) is 0 Å². The van der Waals surface area contributed by atoms with Crippen LogP contribution in [0.2, 0.25) is 0 Å². The fraction of sp³-hybridized carbons (Fsp3) is 0.633. The molecule has 4 aliphatic rings. The molecule has 13 heteroatoms. The topological polar surface area (TPSA) is 178 Å². The highest BCUT2D eigenvalue weighted by Gasteiger charge is 2.56. The fourth-order valence-corrected chi connectivity index (χ4v) is 12.4. The molecule has 13 nitrogen and oxygen atoms in total. The number of anilines is 2. The second-order valence-electron chi connectivity index (χ2n) is 21.6. The minimum atomic E-state index is -0.521. The predicted octanol–water partition coefficient (Wildman–Crippen LogP) is 9.84. The molecule has 73 heavy (non-hydrogen) atoms. The Balaban J connectivity index is 0.800. The number of aliphatic hydroxyl groups excluding tert-OH is 1. The first-order valence-corrected chi connectivity index (χ1v) is 27.5. The van der Waals surface area contributed by atoms with Gasteiger partial charge in [0.05, 0.1) is 38.1 Å². The van der Waals surface area contributed by atoms with Gasteiger partial charge in [0.15, 0.2) is 17.3 Å². The van der Waals surface area contributed by atoms with Gasteiger partial charge < -0.3 is 34.9 Å². The van der Waals surface area contributed by atoms with Crippen molar-refractivity contribution >= 4 is 46.2 Å². The second-order valence-corrected chi connectivity index (χ2v) is 21.6. The number of ether oxygens (including phenoxy) is 3. The molecule has 0 spiro atoms. The summed E-state index contributed by atoms with van der Waals surface area (Å²) in [7, 11) is 2.07. The Hall–Kier alpha value is -4.82. The summed E-state index contributed by atoms with van der Waals surface area (Å²) in [5, 5.41) is 17.5. The van der Waals surface area contributed by atoms with E-state index in [4.69, 9.17) is 14.2 Å². The molecule has 6 rings (SSSR count). The molecule has 0 bridgehead atoms. The van der Waals surface area contributed by atoms with Crippen molar-refractivity contribution in [2.45, 2.75) is 143 Å². The standard InChI is InChI=1S/C60H85N3O10/c1-8-46(66)21-24-48(41(4)64)39(2)40(3)59(70)51-13-9-14-54(57(51)42(5)65)61-28-11-31-71-33-35-73-36-34-72-32-12-29-62-56(69)15-10-30-63(7)45-19-16-43(17-20-45)52-38-60(6)53(26-27-55(60)68)50-23-18-44-37-47(67)22-25-49(44)58(50)52/h9,13-14,16-17,19-20,37,39-40,48,50,52-53,55,61,68H,8,10-12,15,18,21-36,38H2,1-7H3,(H,62,69). The maximum absolute atomic E-state index is 13.8. The van der Waals surface area contributed by atoms with Crippen LogP contribution in [0.5, 0.6) is 0 Å². The minimum absolute atomic E-state index is 0.0350. The summed E-state index contributed by atoms with van der Waals surface area (Å²) in [5.74, 6) is -0.0930. The molecule has 0 aliphatic heterocycles. The number of ketones is 5. The van der Waals surface area contributed by atoms with Crippen molar-refractivity contribution in [1.82, 2.24) is 5.32 Å². The van der Waals surface area contributed by atoms with E-state index in [-0.39, 0.29) is 58.2 Å². The number of carbonyl (C=O) groups excluding carboxylic acids is 6. The van der Waals surface area contributed by atoms with E-state index >= 15 is 0 Å². The van der Waals surface area contributed by atoms with Gasteiger partial charge in [-0.05, 0) is 142 Å². The lowest BCUT2D eigenvalue weighted by Crippen LogP contribution is -2.45. The van der Waals surface area contributed by atoms with E-state index in [9.17, 15) is 33.9 Å². The number of rotatable bonds is 31. The number of nitrogens with zero attached hydrogens (tertiary/aromatic N) is 1. The van der Waals surface area contributed by atoms with Crippen LogP contribution in [0.4, 0.5) is 11.4 Å². The van der Waals surface area contributed by atoms with Crippen LogP contribution in [0.1, 0.15) is 164 Å². The molecule has 8 unspecified atom stereocenters. The minimum Gasteiger partial charge on any atom is -0.393 e. The number of aliphatic hydroxyl groups is 1. The highest BCUT2D eigenvalue weighted by Crippen LogP contribution is 2.64. The van der Waals surface area contributed by atoms with Crippen molar-refractivity contribution in [3.8, 4) is 0 Å². The number of hydrogen-bond donors (Lipinski definition) is 3.